The summed E-state index contributed by atoms with van der Waals surface area (Å²) in [6.45, 7) is 0. The summed E-state index contributed by atoms with van der Waals surface area (Å²) in [7, 11) is 1.90. The van der Waals surface area contributed by atoms with Gasteiger partial charge in [-0.25, -0.2) is 4.98 Å². The van der Waals surface area contributed by atoms with Gasteiger partial charge < -0.3 is 10.1 Å². The number of hydrogen-bond donors (Lipinski definition) is 1. The molecule has 3 nitrogen and oxygen atoms in total. The van der Waals surface area contributed by atoms with Crippen molar-refractivity contribution in [3.05, 3.63) is 60.8 Å². The Kier molecular flexibility index (Phi) is 3.02. The van der Waals surface area contributed by atoms with E-state index < -0.39 is 0 Å². The van der Waals surface area contributed by atoms with Crippen LogP contribution in [0.15, 0.2) is 60.8 Å². The summed E-state index contributed by atoms with van der Waals surface area (Å²) >= 11 is 0. The molecule has 0 aliphatic rings. The first kappa shape index (κ1) is 11.5. The standard InChI is InChI=1S/C16H14N2O/c1-17-13-8-7-12-9-10-18-16(15(12)11-13)19-14-5-3-2-4-6-14/h2-11,17H,1H3. The molecular weight excluding hydrogens is 236 g/mol. The average molecular weight is 250 g/mol. The normalized spacial score (nSPS) is 10.4. The van der Waals surface area contributed by atoms with Crippen LogP contribution in [0.2, 0.25) is 0 Å². The summed E-state index contributed by atoms with van der Waals surface area (Å²) in [4.78, 5) is 4.33. The lowest BCUT2D eigenvalue weighted by Gasteiger charge is -2.09. The number of aromatic nitrogens is 1. The Morgan fingerprint density at radius 1 is 1.00 bits per heavy atom. The molecule has 0 aliphatic carbocycles. The van der Waals surface area contributed by atoms with Crippen LogP contribution < -0.4 is 10.1 Å². The Morgan fingerprint density at radius 2 is 1.84 bits per heavy atom. The number of pyridine rings is 1. The zero-order chi connectivity index (χ0) is 13.1. The highest BCUT2D eigenvalue weighted by atomic mass is 16.5. The third-order valence-corrected chi connectivity index (χ3v) is 2.98. The van der Waals surface area contributed by atoms with Gasteiger partial charge in [-0.15, -0.1) is 0 Å². The summed E-state index contributed by atoms with van der Waals surface area (Å²) in [5.74, 6) is 1.41. The molecule has 0 spiro atoms. The molecule has 0 saturated heterocycles. The largest absolute Gasteiger partial charge is 0.438 e. The predicted octanol–water partition coefficient (Wildman–Crippen LogP) is 4.07. The van der Waals surface area contributed by atoms with Crippen molar-refractivity contribution in [2.24, 2.45) is 0 Å². The molecule has 0 radical (unpaired) electrons. The highest BCUT2D eigenvalue weighted by Crippen LogP contribution is 2.29. The van der Waals surface area contributed by atoms with E-state index in [4.69, 9.17) is 4.74 Å². The van der Waals surface area contributed by atoms with Gasteiger partial charge in [-0.2, -0.15) is 0 Å². The van der Waals surface area contributed by atoms with E-state index in [9.17, 15) is 0 Å². The van der Waals surface area contributed by atoms with E-state index in [1.807, 2.05) is 55.6 Å². The average Bonchev–Trinajstić information content (AvgIpc) is 2.48. The first-order valence-corrected chi connectivity index (χ1v) is 6.16. The van der Waals surface area contributed by atoms with Gasteiger partial charge in [0.15, 0.2) is 0 Å². The summed E-state index contributed by atoms with van der Waals surface area (Å²) < 4.78 is 5.85. The fraction of sp³-hybridized carbons (Fsp3) is 0.0625. The zero-order valence-corrected chi connectivity index (χ0v) is 10.6. The number of nitrogens with zero attached hydrogens (tertiary/aromatic N) is 1. The summed E-state index contributed by atoms with van der Waals surface area (Å²) in [5.41, 5.74) is 1.04. The van der Waals surface area contributed by atoms with Crippen LogP contribution in [0.3, 0.4) is 0 Å². The maximum atomic E-state index is 5.85. The molecule has 1 heterocycles. The van der Waals surface area contributed by atoms with Crippen LogP contribution in [0.1, 0.15) is 0 Å². The molecule has 0 aliphatic heterocycles. The SMILES string of the molecule is CNc1ccc2ccnc(Oc3ccccc3)c2c1. The van der Waals surface area contributed by atoms with Crippen molar-refractivity contribution in [3.8, 4) is 11.6 Å². The molecule has 2 aromatic carbocycles. The van der Waals surface area contributed by atoms with Gasteiger partial charge in [0.1, 0.15) is 5.75 Å². The van der Waals surface area contributed by atoms with Crippen LogP contribution in [-0.4, -0.2) is 12.0 Å². The van der Waals surface area contributed by atoms with E-state index in [0.717, 1.165) is 22.2 Å². The molecule has 3 rings (SSSR count). The van der Waals surface area contributed by atoms with Gasteiger partial charge in [-0.05, 0) is 35.7 Å². The van der Waals surface area contributed by atoms with Crippen molar-refractivity contribution in [2.75, 3.05) is 12.4 Å². The molecule has 0 amide bonds. The number of anilines is 1. The Hall–Kier alpha value is -2.55. The fourth-order valence-electron chi connectivity index (χ4n) is 1.98. The minimum absolute atomic E-state index is 0.626. The van der Waals surface area contributed by atoms with Gasteiger partial charge in [-0.3, -0.25) is 0 Å². The number of hydrogen-bond acceptors (Lipinski definition) is 3. The lowest BCUT2D eigenvalue weighted by molar-refractivity contribution is 0.469. The molecule has 94 valence electrons. The smallest absolute Gasteiger partial charge is 0.227 e. The molecule has 1 aromatic heterocycles. The van der Waals surface area contributed by atoms with E-state index in [1.54, 1.807) is 6.20 Å². The van der Waals surface area contributed by atoms with Gasteiger partial charge in [-0.1, -0.05) is 24.3 Å². The second-order valence-electron chi connectivity index (χ2n) is 4.22. The number of fused-ring (bicyclic) bond motifs is 1. The lowest BCUT2D eigenvalue weighted by atomic mass is 10.1. The second kappa shape index (κ2) is 4.98. The first-order valence-electron chi connectivity index (χ1n) is 6.16. The van der Waals surface area contributed by atoms with Gasteiger partial charge in [0, 0.05) is 24.3 Å². The molecule has 0 bridgehead atoms. The fourth-order valence-corrected chi connectivity index (χ4v) is 1.98. The van der Waals surface area contributed by atoms with Crippen LogP contribution in [-0.2, 0) is 0 Å². The maximum Gasteiger partial charge on any atom is 0.227 e. The minimum Gasteiger partial charge on any atom is -0.438 e. The van der Waals surface area contributed by atoms with E-state index in [2.05, 4.69) is 16.4 Å². The Morgan fingerprint density at radius 3 is 2.63 bits per heavy atom. The van der Waals surface area contributed by atoms with Gasteiger partial charge in [0.25, 0.3) is 0 Å². The monoisotopic (exact) mass is 250 g/mol. The zero-order valence-electron chi connectivity index (χ0n) is 10.6. The van der Waals surface area contributed by atoms with Crippen molar-refractivity contribution in [2.45, 2.75) is 0 Å². The molecular formula is C16H14N2O. The second-order valence-corrected chi connectivity index (χ2v) is 4.22. The quantitative estimate of drug-likeness (QED) is 0.760. The Bertz CT molecular complexity index is 695. The third kappa shape index (κ3) is 2.36. The lowest BCUT2D eigenvalue weighted by Crippen LogP contribution is -1.91. The summed E-state index contributed by atoms with van der Waals surface area (Å²) in [6, 6.07) is 17.8. The number of nitrogens with one attached hydrogen (secondary N) is 1. The highest BCUT2D eigenvalue weighted by molar-refractivity contribution is 5.89. The summed E-state index contributed by atoms with van der Waals surface area (Å²) in [6.07, 6.45) is 1.76. The Balaban J connectivity index is 2.07. The van der Waals surface area contributed by atoms with Crippen LogP contribution in [0.25, 0.3) is 10.8 Å². The molecule has 0 unspecified atom stereocenters. The van der Waals surface area contributed by atoms with Crippen molar-refractivity contribution >= 4 is 16.5 Å². The summed E-state index contributed by atoms with van der Waals surface area (Å²) in [5, 5.41) is 5.24. The molecule has 19 heavy (non-hydrogen) atoms. The van der Waals surface area contributed by atoms with Gasteiger partial charge in [0.2, 0.25) is 5.88 Å². The molecule has 1 N–H and O–H groups in total. The highest BCUT2D eigenvalue weighted by Gasteiger charge is 2.05. The molecule has 0 fully saturated rings. The van der Waals surface area contributed by atoms with Crippen molar-refractivity contribution in [3.63, 3.8) is 0 Å². The van der Waals surface area contributed by atoms with Crippen LogP contribution >= 0.6 is 0 Å². The Labute approximate surface area is 111 Å². The van der Waals surface area contributed by atoms with Crippen molar-refractivity contribution in [1.29, 1.82) is 0 Å². The van der Waals surface area contributed by atoms with Crippen molar-refractivity contribution in [1.82, 2.24) is 4.98 Å². The number of rotatable bonds is 3. The molecule has 3 aromatic rings. The van der Waals surface area contributed by atoms with Crippen LogP contribution in [0, 0.1) is 0 Å². The van der Waals surface area contributed by atoms with Gasteiger partial charge in [0.05, 0.1) is 0 Å². The number of ether oxygens (including phenoxy) is 1. The number of benzene rings is 2. The topological polar surface area (TPSA) is 34.2 Å². The van der Waals surface area contributed by atoms with E-state index in [0.29, 0.717) is 5.88 Å². The van der Waals surface area contributed by atoms with Crippen LogP contribution in [0.4, 0.5) is 5.69 Å². The molecule has 3 heteroatoms. The first-order chi connectivity index (χ1) is 9.36. The third-order valence-electron chi connectivity index (χ3n) is 2.98. The maximum absolute atomic E-state index is 5.85. The number of para-hydroxylation sites is 1. The van der Waals surface area contributed by atoms with E-state index in [1.165, 1.54) is 0 Å². The van der Waals surface area contributed by atoms with Crippen LogP contribution in [0.5, 0.6) is 11.6 Å². The predicted molar refractivity (Wildman–Crippen MR) is 77.8 cm³/mol. The molecule has 0 saturated carbocycles. The molecule has 0 atom stereocenters. The van der Waals surface area contributed by atoms with Crippen molar-refractivity contribution < 1.29 is 4.74 Å². The minimum atomic E-state index is 0.626. The van der Waals surface area contributed by atoms with E-state index >= 15 is 0 Å². The van der Waals surface area contributed by atoms with E-state index in [-0.39, 0.29) is 0 Å². The van der Waals surface area contributed by atoms with Gasteiger partial charge >= 0.3 is 0 Å².